The summed E-state index contributed by atoms with van der Waals surface area (Å²) in [5.74, 6) is -0.245. The molecule has 1 N–H and O–H groups in total. The minimum atomic E-state index is -0.245. The number of hydrazone groups is 1. The summed E-state index contributed by atoms with van der Waals surface area (Å²) in [6.07, 6.45) is 1.63. The van der Waals surface area contributed by atoms with E-state index >= 15 is 0 Å². The lowest BCUT2D eigenvalue weighted by Crippen LogP contribution is -2.22. The van der Waals surface area contributed by atoms with Gasteiger partial charge < -0.3 is 0 Å². The quantitative estimate of drug-likeness (QED) is 0.435. The first-order valence-corrected chi connectivity index (χ1v) is 10.2. The lowest BCUT2D eigenvalue weighted by Gasteiger charge is -2.11. The Morgan fingerprint density at radius 2 is 1.55 bits per heavy atom. The van der Waals surface area contributed by atoms with E-state index in [1.165, 1.54) is 9.69 Å². The van der Waals surface area contributed by atoms with Gasteiger partial charge in [-0.25, -0.2) is 4.68 Å². The Hall–Kier alpha value is -2.94. The number of nitrogens with zero attached hydrogens (tertiary/aromatic N) is 3. The molecule has 6 nitrogen and oxygen atoms in total. The Labute approximate surface area is 181 Å². The monoisotopic (exact) mass is 498 g/mol. The minimum absolute atomic E-state index is 0.202. The maximum Gasteiger partial charge on any atom is 0.280 e. The largest absolute Gasteiger partial charge is 0.295 e. The molecule has 2 heterocycles. The molecule has 3 aromatic rings. The fraction of sp³-hybridized carbons (Fsp3) is 0.136. The van der Waals surface area contributed by atoms with E-state index < -0.39 is 0 Å². The first-order chi connectivity index (χ1) is 13.8. The molecular weight excluding hydrogens is 479 g/mol. The number of aromatic amines is 1. The van der Waals surface area contributed by atoms with Crippen LogP contribution in [-0.2, 0) is 4.79 Å². The third kappa shape index (κ3) is 3.57. The number of hydrogen-bond acceptors (Lipinski definition) is 3. The van der Waals surface area contributed by atoms with Gasteiger partial charge >= 0.3 is 0 Å². The van der Waals surface area contributed by atoms with E-state index in [1.54, 1.807) is 13.0 Å². The van der Waals surface area contributed by atoms with E-state index in [-0.39, 0.29) is 11.5 Å². The molecule has 0 atom stereocenters. The SMILES string of the molecule is CC1=NN(c2ccc(I)cc2)C(=O)/C1=C/c1c(C)[nH]n(-c2ccc(C)cc2)c1=O. The summed E-state index contributed by atoms with van der Waals surface area (Å²) < 4.78 is 2.57. The first-order valence-electron chi connectivity index (χ1n) is 9.11. The van der Waals surface area contributed by atoms with Gasteiger partial charge in [0.25, 0.3) is 11.5 Å². The van der Waals surface area contributed by atoms with E-state index in [4.69, 9.17) is 0 Å². The van der Waals surface area contributed by atoms with Crippen molar-refractivity contribution in [1.82, 2.24) is 9.78 Å². The number of carbonyl (C=O) groups is 1. The number of amides is 1. The second-order valence-electron chi connectivity index (χ2n) is 6.96. The Bertz CT molecular complexity index is 1220. The maximum atomic E-state index is 13.0. The number of aryl methyl sites for hydroxylation is 2. The van der Waals surface area contributed by atoms with Gasteiger partial charge in [0, 0.05) is 9.26 Å². The van der Waals surface area contributed by atoms with E-state index in [2.05, 4.69) is 32.8 Å². The fourth-order valence-electron chi connectivity index (χ4n) is 3.19. The highest BCUT2D eigenvalue weighted by Gasteiger charge is 2.29. The Balaban J connectivity index is 1.72. The number of nitrogens with one attached hydrogen (secondary N) is 1. The third-order valence-electron chi connectivity index (χ3n) is 4.83. The van der Waals surface area contributed by atoms with Crippen LogP contribution in [0, 0.1) is 17.4 Å². The lowest BCUT2D eigenvalue weighted by molar-refractivity contribution is -0.114. The van der Waals surface area contributed by atoms with E-state index in [0.717, 1.165) is 14.8 Å². The molecule has 0 bridgehead atoms. The highest BCUT2D eigenvalue weighted by molar-refractivity contribution is 14.1. The molecule has 0 unspecified atom stereocenters. The molecule has 2 aromatic carbocycles. The number of anilines is 1. The highest BCUT2D eigenvalue weighted by atomic mass is 127. The van der Waals surface area contributed by atoms with Gasteiger partial charge in [0.15, 0.2) is 0 Å². The van der Waals surface area contributed by atoms with Crippen LogP contribution in [0.5, 0.6) is 0 Å². The predicted molar refractivity (Wildman–Crippen MR) is 124 cm³/mol. The highest BCUT2D eigenvalue weighted by Crippen LogP contribution is 2.25. The Kier molecular flexibility index (Phi) is 4.99. The van der Waals surface area contributed by atoms with Crippen molar-refractivity contribution < 1.29 is 4.79 Å². The van der Waals surface area contributed by atoms with Crippen molar-refractivity contribution in [3.8, 4) is 5.69 Å². The molecule has 1 aliphatic rings. The van der Waals surface area contributed by atoms with Gasteiger partial charge in [-0.1, -0.05) is 17.7 Å². The van der Waals surface area contributed by atoms with Crippen molar-refractivity contribution in [2.45, 2.75) is 20.8 Å². The van der Waals surface area contributed by atoms with Gasteiger partial charge in [-0.05, 0) is 85.8 Å². The molecule has 1 aliphatic heterocycles. The lowest BCUT2D eigenvalue weighted by atomic mass is 10.1. The Morgan fingerprint density at radius 1 is 0.931 bits per heavy atom. The van der Waals surface area contributed by atoms with E-state index in [0.29, 0.717) is 28.2 Å². The van der Waals surface area contributed by atoms with Crippen molar-refractivity contribution in [3.05, 3.63) is 84.8 Å². The normalized spacial score (nSPS) is 15.3. The third-order valence-corrected chi connectivity index (χ3v) is 5.55. The smallest absolute Gasteiger partial charge is 0.280 e. The molecule has 1 aromatic heterocycles. The second-order valence-corrected chi connectivity index (χ2v) is 8.21. The number of aromatic nitrogens is 2. The summed E-state index contributed by atoms with van der Waals surface area (Å²) in [4.78, 5) is 26.0. The van der Waals surface area contributed by atoms with Crippen LogP contribution in [-0.4, -0.2) is 21.4 Å². The van der Waals surface area contributed by atoms with Gasteiger partial charge in [-0.3, -0.25) is 14.7 Å². The van der Waals surface area contributed by atoms with Crippen LogP contribution in [0.15, 0.2) is 64.0 Å². The summed E-state index contributed by atoms with van der Waals surface area (Å²) in [5, 5.41) is 8.86. The van der Waals surface area contributed by atoms with Gasteiger partial charge in [-0.15, -0.1) is 0 Å². The van der Waals surface area contributed by atoms with Crippen molar-refractivity contribution in [1.29, 1.82) is 0 Å². The number of hydrogen-bond donors (Lipinski definition) is 1. The van der Waals surface area contributed by atoms with Gasteiger partial charge in [0.1, 0.15) is 0 Å². The number of carbonyl (C=O) groups excluding carboxylic acids is 1. The summed E-state index contributed by atoms with van der Waals surface area (Å²) in [5.41, 5.74) is 4.50. The van der Waals surface area contributed by atoms with Crippen molar-refractivity contribution in [2.24, 2.45) is 5.10 Å². The zero-order chi connectivity index (χ0) is 20.7. The molecule has 0 fully saturated rings. The summed E-state index contributed by atoms with van der Waals surface area (Å²) in [6.45, 7) is 5.59. The Morgan fingerprint density at radius 3 is 2.21 bits per heavy atom. The molecule has 0 saturated carbocycles. The number of benzene rings is 2. The molecule has 0 saturated heterocycles. The fourth-order valence-corrected chi connectivity index (χ4v) is 3.55. The van der Waals surface area contributed by atoms with Crippen LogP contribution in [0.3, 0.4) is 0 Å². The zero-order valence-corrected chi connectivity index (χ0v) is 18.4. The summed E-state index contributed by atoms with van der Waals surface area (Å²) >= 11 is 2.21. The van der Waals surface area contributed by atoms with Crippen LogP contribution >= 0.6 is 22.6 Å². The standard InChI is InChI=1S/C22H19IN4O2/c1-13-4-8-17(9-5-13)26-21(28)19(14(2)24-26)12-20-15(3)25-27(22(20)29)18-10-6-16(23)7-11-18/h4-12,24H,1-3H3/b20-12+. The molecule has 0 spiro atoms. The van der Waals surface area contributed by atoms with Crippen LogP contribution < -0.4 is 10.6 Å². The average Bonchev–Trinajstić information content (AvgIpc) is 3.14. The second kappa shape index (κ2) is 7.47. The molecule has 29 heavy (non-hydrogen) atoms. The topological polar surface area (TPSA) is 70.5 Å². The number of halogens is 1. The molecule has 146 valence electrons. The predicted octanol–water partition coefficient (Wildman–Crippen LogP) is 4.19. The molecule has 7 heteroatoms. The molecule has 4 rings (SSSR count). The van der Waals surface area contributed by atoms with Crippen LogP contribution in [0.2, 0.25) is 0 Å². The molecule has 0 radical (unpaired) electrons. The first kappa shape index (κ1) is 19.4. The zero-order valence-electron chi connectivity index (χ0n) is 16.2. The van der Waals surface area contributed by atoms with Crippen LogP contribution in [0.1, 0.15) is 23.7 Å². The molecular formula is C22H19IN4O2. The molecule has 1 amide bonds. The summed E-state index contributed by atoms with van der Waals surface area (Å²) in [6, 6.07) is 15.2. The van der Waals surface area contributed by atoms with E-state index in [9.17, 15) is 9.59 Å². The number of H-pyrrole nitrogens is 1. The van der Waals surface area contributed by atoms with Crippen molar-refractivity contribution in [3.63, 3.8) is 0 Å². The summed E-state index contributed by atoms with van der Waals surface area (Å²) in [7, 11) is 0. The van der Waals surface area contributed by atoms with E-state index in [1.807, 2.05) is 62.4 Å². The number of rotatable bonds is 3. The van der Waals surface area contributed by atoms with Gasteiger partial charge in [0.2, 0.25) is 0 Å². The van der Waals surface area contributed by atoms with Gasteiger partial charge in [0.05, 0.1) is 28.2 Å². The van der Waals surface area contributed by atoms with Crippen molar-refractivity contribution >= 4 is 46.0 Å². The van der Waals surface area contributed by atoms with Crippen molar-refractivity contribution in [2.75, 3.05) is 5.01 Å². The maximum absolute atomic E-state index is 13.0. The average molecular weight is 498 g/mol. The molecule has 0 aliphatic carbocycles. The van der Waals surface area contributed by atoms with Gasteiger partial charge in [-0.2, -0.15) is 10.1 Å². The van der Waals surface area contributed by atoms with Crippen LogP contribution in [0.25, 0.3) is 11.8 Å². The van der Waals surface area contributed by atoms with Crippen LogP contribution in [0.4, 0.5) is 5.69 Å². The minimum Gasteiger partial charge on any atom is -0.295 e.